The molecule has 0 aliphatic rings. The van der Waals surface area contributed by atoms with Crippen LogP contribution in [0.15, 0.2) is 66.7 Å². The number of rotatable bonds is 3. The normalized spacial score (nSPS) is 10.4. The first-order valence-electron chi connectivity index (χ1n) is 6.47. The number of ketones is 1. The van der Waals surface area contributed by atoms with Crippen LogP contribution in [0.25, 0.3) is 10.8 Å². The second-order valence-corrected chi connectivity index (χ2v) is 4.56. The molecule has 0 aliphatic carbocycles. The van der Waals surface area contributed by atoms with Gasteiger partial charge in [0.15, 0.2) is 5.78 Å². The fourth-order valence-corrected chi connectivity index (χ4v) is 2.39. The van der Waals surface area contributed by atoms with Gasteiger partial charge in [0.25, 0.3) is 0 Å². The van der Waals surface area contributed by atoms with Gasteiger partial charge in [-0.25, -0.2) is 0 Å². The Balaban J connectivity index is 2.20. The number of hydrogen-bond acceptors (Lipinski definition) is 2. The van der Waals surface area contributed by atoms with Gasteiger partial charge in [0.1, 0.15) is 5.75 Å². The van der Waals surface area contributed by atoms with Crippen LogP contribution in [0.4, 0.5) is 0 Å². The van der Waals surface area contributed by atoms with Gasteiger partial charge in [-0.3, -0.25) is 4.79 Å². The van der Waals surface area contributed by atoms with E-state index in [0.29, 0.717) is 11.1 Å². The van der Waals surface area contributed by atoms with E-state index in [4.69, 9.17) is 4.74 Å². The first-order valence-corrected chi connectivity index (χ1v) is 6.47. The van der Waals surface area contributed by atoms with E-state index < -0.39 is 0 Å². The number of fused-ring (bicyclic) bond motifs is 1. The molecule has 0 heterocycles. The molecule has 20 heavy (non-hydrogen) atoms. The van der Waals surface area contributed by atoms with Crippen molar-refractivity contribution in [1.29, 1.82) is 0 Å². The first-order chi connectivity index (χ1) is 9.81. The molecule has 0 aliphatic heterocycles. The van der Waals surface area contributed by atoms with Crippen molar-refractivity contribution in [1.82, 2.24) is 0 Å². The van der Waals surface area contributed by atoms with Crippen molar-refractivity contribution >= 4 is 16.6 Å². The molecule has 0 radical (unpaired) electrons. The van der Waals surface area contributed by atoms with Crippen LogP contribution in [0.1, 0.15) is 15.9 Å². The van der Waals surface area contributed by atoms with E-state index in [1.807, 2.05) is 66.7 Å². The molecular formula is C18H14O2. The molecule has 2 nitrogen and oxygen atoms in total. The van der Waals surface area contributed by atoms with E-state index in [0.717, 1.165) is 16.5 Å². The van der Waals surface area contributed by atoms with Gasteiger partial charge in [-0.2, -0.15) is 0 Å². The molecule has 0 N–H and O–H groups in total. The molecule has 0 aromatic heterocycles. The number of carbonyl (C=O) groups excluding carboxylic acids is 1. The Morgan fingerprint density at radius 1 is 0.800 bits per heavy atom. The van der Waals surface area contributed by atoms with Gasteiger partial charge in [-0.15, -0.1) is 0 Å². The van der Waals surface area contributed by atoms with E-state index >= 15 is 0 Å². The molecule has 0 saturated carbocycles. The predicted octanol–water partition coefficient (Wildman–Crippen LogP) is 4.08. The SMILES string of the molecule is COc1ccc(C(=O)c2ccccc2)c2ccccc12. The minimum absolute atomic E-state index is 0.0319. The Morgan fingerprint density at radius 3 is 2.15 bits per heavy atom. The van der Waals surface area contributed by atoms with Crippen LogP contribution >= 0.6 is 0 Å². The molecule has 98 valence electrons. The summed E-state index contributed by atoms with van der Waals surface area (Å²) in [6.45, 7) is 0. The molecule has 3 aromatic carbocycles. The summed E-state index contributed by atoms with van der Waals surface area (Å²) in [5.41, 5.74) is 1.40. The van der Waals surface area contributed by atoms with Crippen LogP contribution in [0.3, 0.4) is 0 Å². The summed E-state index contributed by atoms with van der Waals surface area (Å²) in [6.07, 6.45) is 0. The van der Waals surface area contributed by atoms with Crippen molar-refractivity contribution in [2.45, 2.75) is 0 Å². The third-order valence-electron chi connectivity index (χ3n) is 3.38. The predicted molar refractivity (Wildman–Crippen MR) is 80.4 cm³/mol. The van der Waals surface area contributed by atoms with Crippen LogP contribution < -0.4 is 4.74 Å². The zero-order valence-electron chi connectivity index (χ0n) is 11.2. The summed E-state index contributed by atoms with van der Waals surface area (Å²) in [4.78, 5) is 12.6. The van der Waals surface area contributed by atoms with Crippen molar-refractivity contribution in [2.75, 3.05) is 7.11 Å². The molecular weight excluding hydrogens is 248 g/mol. The summed E-state index contributed by atoms with van der Waals surface area (Å²) in [5, 5.41) is 1.87. The summed E-state index contributed by atoms with van der Waals surface area (Å²) in [7, 11) is 1.64. The molecule has 0 unspecified atom stereocenters. The zero-order valence-corrected chi connectivity index (χ0v) is 11.2. The van der Waals surface area contributed by atoms with Crippen molar-refractivity contribution in [3.63, 3.8) is 0 Å². The van der Waals surface area contributed by atoms with E-state index in [1.165, 1.54) is 0 Å². The third kappa shape index (κ3) is 2.05. The fraction of sp³-hybridized carbons (Fsp3) is 0.0556. The van der Waals surface area contributed by atoms with Crippen LogP contribution in [-0.4, -0.2) is 12.9 Å². The third-order valence-corrected chi connectivity index (χ3v) is 3.38. The molecule has 0 atom stereocenters. The highest BCUT2D eigenvalue weighted by Gasteiger charge is 2.13. The number of methoxy groups -OCH3 is 1. The molecule has 0 bridgehead atoms. The van der Waals surface area contributed by atoms with E-state index in [2.05, 4.69) is 0 Å². The lowest BCUT2D eigenvalue weighted by molar-refractivity contribution is 0.104. The molecule has 0 fully saturated rings. The number of ether oxygens (including phenoxy) is 1. The maximum absolute atomic E-state index is 12.6. The highest BCUT2D eigenvalue weighted by molar-refractivity contribution is 6.17. The summed E-state index contributed by atoms with van der Waals surface area (Å²) >= 11 is 0. The Labute approximate surface area is 117 Å². The van der Waals surface area contributed by atoms with E-state index in [1.54, 1.807) is 7.11 Å². The van der Waals surface area contributed by atoms with Gasteiger partial charge in [-0.1, -0.05) is 54.6 Å². The number of carbonyl (C=O) groups is 1. The van der Waals surface area contributed by atoms with Crippen LogP contribution in [0.2, 0.25) is 0 Å². The molecule has 0 amide bonds. The Bertz CT molecular complexity index is 761. The number of benzene rings is 3. The Morgan fingerprint density at radius 2 is 1.45 bits per heavy atom. The minimum Gasteiger partial charge on any atom is -0.496 e. The van der Waals surface area contributed by atoms with Gasteiger partial charge in [0, 0.05) is 16.5 Å². The Hall–Kier alpha value is -2.61. The summed E-state index contributed by atoms with van der Waals surface area (Å²) < 4.78 is 5.36. The number of hydrogen-bond donors (Lipinski definition) is 0. The monoisotopic (exact) mass is 262 g/mol. The van der Waals surface area contributed by atoms with E-state index in [9.17, 15) is 4.79 Å². The van der Waals surface area contributed by atoms with Gasteiger partial charge < -0.3 is 4.74 Å². The minimum atomic E-state index is 0.0319. The van der Waals surface area contributed by atoms with E-state index in [-0.39, 0.29) is 5.78 Å². The average Bonchev–Trinajstić information content (AvgIpc) is 2.54. The van der Waals surface area contributed by atoms with Crippen LogP contribution in [0, 0.1) is 0 Å². The quantitative estimate of drug-likeness (QED) is 0.665. The largest absolute Gasteiger partial charge is 0.496 e. The summed E-state index contributed by atoms with van der Waals surface area (Å²) in [6, 6.07) is 20.8. The van der Waals surface area contributed by atoms with Gasteiger partial charge in [-0.05, 0) is 17.5 Å². The Kier molecular flexibility index (Phi) is 3.21. The van der Waals surface area contributed by atoms with Gasteiger partial charge in [0.2, 0.25) is 0 Å². The maximum Gasteiger partial charge on any atom is 0.193 e. The second-order valence-electron chi connectivity index (χ2n) is 4.56. The van der Waals surface area contributed by atoms with Crippen LogP contribution in [-0.2, 0) is 0 Å². The highest BCUT2D eigenvalue weighted by atomic mass is 16.5. The highest BCUT2D eigenvalue weighted by Crippen LogP contribution is 2.29. The topological polar surface area (TPSA) is 26.3 Å². The molecule has 2 heteroatoms. The van der Waals surface area contributed by atoms with Gasteiger partial charge >= 0.3 is 0 Å². The van der Waals surface area contributed by atoms with Crippen LogP contribution in [0.5, 0.6) is 5.75 Å². The smallest absolute Gasteiger partial charge is 0.193 e. The lowest BCUT2D eigenvalue weighted by atomic mass is 9.97. The molecule has 0 spiro atoms. The lowest BCUT2D eigenvalue weighted by Gasteiger charge is -2.09. The maximum atomic E-state index is 12.6. The fourth-order valence-electron chi connectivity index (χ4n) is 2.39. The molecule has 0 saturated heterocycles. The first kappa shape index (κ1) is 12.4. The average molecular weight is 262 g/mol. The van der Waals surface area contributed by atoms with Crippen molar-refractivity contribution in [3.05, 3.63) is 77.9 Å². The molecule has 3 aromatic rings. The second kappa shape index (κ2) is 5.17. The van der Waals surface area contributed by atoms with Crippen molar-refractivity contribution < 1.29 is 9.53 Å². The summed E-state index contributed by atoms with van der Waals surface area (Å²) in [5.74, 6) is 0.815. The standard InChI is InChI=1S/C18H14O2/c1-20-17-12-11-16(14-9-5-6-10-15(14)17)18(19)13-7-3-2-4-8-13/h2-12H,1H3. The molecule has 3 rings (SSSR count). The van der Waals surface area contributed by atoms with Gasteiger partial charge in [0.05, 0.1) is 7.11 Å². The lowest BCUT2D eigenvalue weighted by Crippen LogP contribution is -2.02. The zero-order chi connectivity index (χ0) is 13.9. The van der Waals surface area contributed by atoms with Crippen molar-refractivity contribution in [2.24, 2.45) is 0 Å². The van der Waals surface area contributed by atoms with Crippen molar-refractivity contribution in [3.8, 4) is 5.75 Å².